The van der Waals surface area contributed by atoms with Crippen LogP contribution in [-0.4, -0.2) is 25.7 Å². The van der Waals surface area contributed by atoms with Gasteiger partial charge in [0.05, 0.1) is 12.6 Å². The smallest absolute Gasteiger partial charge is 0.304 e. The van der Waals surface area contributed by atoms with E-state index in [1.165, 1.54) is 0 Å². The number of carboxylic acids is 1. The van der Waals surface area contributed by atoms with Gasteiger partial charge in [-0.05, 0) is 18.4 Å². The Hall–Kier alpha value is -1.91. The van der Waals surface area contributed by atoms with E-state index in [4.69, 9.17) is 5.11 Å². The van der Waals surface area contributed by atoms with Gasteiger partial charge in [0.15, 0.2) is 5.65 Å². The Morgan fingerprint density at radius 1 is 1.53 bits per heavy atom. The van der Waals surface area contributed by atoms with Crippen LogP contribution in [-0.2, 0) is 10.2 Å². The Balaban J connectivity index is 2.03. The van der Waals surface area contributed by atoms with Crippen molar-refractivity contribution in [3.63, 3.8) is 0 Å². The molecule has 5 nitrogen and oxygen atoms in total. The van der Waals surface area contributed by atoms with Gasteiger partial charge in [-0.3, -0.25) is 4.79 Å². The molecule has 0 amide bonds. The lowest BCUT2D eigenvalue weighted by Gasteiger charge is -2.40. The molecule has 0 aliphatic heterocycles. The predicted molar refractivity (Wildman–Crippen MR) is 60.8 cm³/mol. The molecule has 2 heterocycles. The van der Waals surface area contributed by atoms with E-state index in [1.54, 1.807) is 16.9 Å². The number of rotatable bonds is 3. The lowest BCUT2D eigenvalue weighted by molar-refractivity contribution is -0.139. The van der Waals surface area contributed by atoms with Crippen molar-refractivity contribution in [2.75, 3.05) is 0 Å². The van der Waals surface area contributed by atoms with Crippen molar-refractivity contribution in [2.24, 2.45) is 0 Å². The molecule has 0 saturated heterocycles. The summed E-state index contributed by atoms with van der Waals surface area (Å²) in [7, 11) is 0. The number of hydrogen-bond donors (Lipinski definition) is 1. The van der Waals surface area contributed by atoms with Crippen LogP contribution in [0.2, 0.25) is 0 Å². The van der Waals surface area contributed by atoms with Gasteiger partial charge in [-0.1, -0.05) is 6.42 Å². The summed E-state index contributed by atoms with van der Waals surface area (Å²) < 4.78 is 1.71. The molecule has 1 fully saturated rings. The van der Waals surface area contributed by atoms with Gasteiger partial charge < -0.3 is 5.11 Å². The second-order valence-corrected chi connectivity index (χ2v) is 4.68. The van der Waals surface area contributed by atoms with Crippen LogP contribution in [0.1, 0.15) is 31.2 Å². The van der Waals surface area contributed by atoms with Crippen LogP contribution in [0.25, 0.3) is 5.65 Å². The highest BCUT2D eigenvalue weighted by Crippen LogP contribution is 2.46. The largest absolute Gasteiger partial charge is 0.481 e. The topological polar surface area (TPSA) is 67.5 Å². The highest BCUT2D eigenvalue weighted by molar-refractivity contribution is 5.69. The van der Waals surface area contributed by atoms with Crippen molar-refractivity contribution in [3.8, 4) is 0 Å². The number of nitrogens with zero attached hydrogens (tertiary/aromatic N) is 3. The van der Waals surface area contributed by atoms with Gasteiger partial charge in [-0.2, -0.15) is 5.10 Å². The molecule has 5 heteroatoms. The minimum atomic E-state index is -0.745. The number of hydrogen-bond acceptors (Lipinski definition) is 3. The molecule has 0 aromatic carbocycles. The number of carboxylic acid groups (broad SMARTS) is 1. The van der Waals surface area contributed by atoms with Gasteiger partial charge in [0.25, 0.3) is 0 Å². The molecule has 1 aliphatic rings. The van der Waals surface area contributed by atoms with E-state index >= 15 is 0 Å². The molecular weight excluding hydrogens is 218 g/mol. The maximum Gasteiger partial charge on any atom is 0.304 e. The third-order valence-corrected chi connectivity index (χ3v) is 3.66. The minimum Gasteiger partial charge on any atom is -0.481 e. The van der Waals surface area contributed by atoms with E-state index in [-0.39, 0.29) is 11.8 Å². The average Bonchev–Trinajstić information content (AvgIpc) is 2.69. The Morgan fingerprint density at radius 2 is 2.35 bits per heavy atom. The third kappa shape index (κ3) is 1.58. The Morgan fingerprint density at radius 3 is 3.00 bits per heavy atom. The molecule has 0 bridgehead atoms. The summed E-state index contributed by atoms with van der Waals surface area (Å²) in [4.78, 5) is 15.3. The first kappa shape index (κ1) is 10.3. The molecule has 1 saturated carbocycles. The summed E-state index contributed by atoms with van der Waals surface area (Å²) in [5.41, 5.74) is 1.56. The monoisotopic (exact) mass is 231 g/mol. The van der Waals surface area contributed by atoms with Crippen LogP contribution < -0.4 is 0 Å². The predicted octanol–water partition coefficient (Wildman–Crippen LogP) is 1.63. The fourth-order valence-electron chi connectivity index (χ4n) is 2.54. The lowest BCUT2D eigenvalue weighted by atomic mass is 9.63. The zero-order chi connectivity index (χ0) is 11.9. The second-order valence-electron chi connectivity index (χ2n) is 4.68. The van der Waals surface area contributed by atoms with E-state index in [2.05, 4.69) is 10.1 Å². The number of aliphatic carboxylic acids is 1. The van der Waals surface area contributed by atoms with Crippen molar-refractivity contribution >= 4 is 11.6 Å². The number of fused-ring (bicyclic) bond motifs is 1. The average molecular weight is 231 g/mol. The van der Waals surface area contributed by atoms with Crippen molar-refractivity contribution in [2.45, 2.75) is 31.1 Å². The summed E-state index contributed by atoms with van der Waals surface area (Å²) in [6, 6.07) is 1.83. The molecule has 3 rings (SSSR count). The standard InChI is InChI=1S/C12H13N3O2/c16-11(17)6-12(3-1-4-12)9-7-13-10-2-5-14-15(10)8-9/h2,5,7-8H,1,3-4,6H2,(H,16,17). The molecule has 0 spiro atoms. The molecular formula is C12H13N3O2. The first-order valence-electron chi connectivity index (χ1n) is 5.71. The van der Waals surface area contributed by atoms with Crippen LogP contribution in [0.3, 0.4) is 0 Å². The summed E-state index contributed by atoms with van der Waals surface area (Å²) in [5, 5.41) is 13.1. The summed E-state index contributed by atoms with van der Waals surface area (Å²) >= 11 is 0. The van der Waals surface area contributed by atoms with Gasteiger partial charge >= 0.3 is 5.97 Å². The first-order valence-corrected chi connectivity index (χ1v) is 5.71. The van der Waals surface area contributed by atoms with Crippen molar-refractivity contribution < 1.29 is 9.90 Å². The summed E-state index contributed by atoms with van der Waals surface area (Å²) in [5.74, 6) is -0.745. The zero-order valence-corrected chi connectivity index (χ0v) is 9.33. The highest BCUT2D eigenvalue weighted by Gasteiger charge is 2.41. The van der Waals surface area contributed by atoms with Crippen LogP contribution in [0.5, 0.6) is 0 Å². The van der Waals surface area contributed by atoms with E-state index in [1.807, 2.05) is 12.3 Å². The lowest BCUT2D eigenvalue weighted by Crippen LogP contribution is -2.37. The maximum atomic E-state index is 11.0. The number of carbonyl (C=O) groups is 1. The quantitative estimate of drug-likeness (QED) is 0.871. The van der Waals surface area contributed by atoms with Gasteiger partial charge in [0.2, 0.25) is 0 Å². The van der Waals surface area contributed by atoms with Crippen LogP contribution >= 0.6 is 0 Å². The molecule has 2 aromatic heterocycles. The SMILES string of the molecule is O=C(O)CC1(c2cnc3ccnn3c2)CCC1. The maximum absolute atomic E-state index is 11.0. The fraction of sp³-hybridized carbons (Fsp3) is 0.417. The van der Waals surface area contributed by atoms with Crippen molar-refractivity contribution in [1.82, 2.24) is 14.6 Å². The van der Waals surface area contributed by atoms with Gasteiger partial charge in [0, 0.05) is 23.9 Å². The van der Waals surface area contributed by atoms with E-state index < -0.39 is 5.97 Å². The van der Waals surface area contributed by atoms with Gasteiger partial charge in [0.1, 0.15) is 0 Å². The first-order chi connectivity index (χ1) is 8.20. The Bertz CT molecular complexity index is 572. The van der Waals surface area contributed by atoms with E-state index in [0.717, 1.165) is 30.5 Å². The van der Waals surface area contributed by atoms with E-state index in [0.29, 0.717) is 0 Å². The molecule has 1 N–H and O–H groups in total. The zero-order valence-electron chi connectivity index (χ0n) is 9.33. The minimum absolute atomic E-state index is 0.182. The molecule has 17 heavy (non-hydrogen) atoms. The van der Waals surface area contributed by atoms with Gasteiger partial charge in [-0.25, -0.2) is 9.50 Å². The van der Waals surface area contributed by atoms with Gasteiger partial charge in [-0.15, -0.1) is 0 Å². The third-order valence-electron chi connectivity index (χ3n) is 3.66. The van der Waals surface area contributed by atoms with Crippen LogP contribution in [0.15, 0.2) is 24.7 Å². The van der Waals surface area contributed by atoms with Crippen molar-refractivity contribution in [1.29, 1.82) is 0 Å². The fourth-order valence-corrected chi connectivity index (χ4v) is 2.54. The second kappa shape index (κ2) is 3.55. The van der Waals surface area contributed by atoms with Crippen LogP contribution in [0.4, 0.5) is 0 Å². The Kier molecular flexibility index (Phi) is 2.14. The summed E-state index contributed by atoms with van der Waals surface area (Å²) in [6.45, 7) is 0. The molecule has 88 valence electrons. The van der Waals surface area contributed by atoms with E-state index in [9.17, 15) is 4.79 Å². The molecule has 0 radical (unpaired) electrons. The molecule has 2 aromatic rings. The number of aromatic nitrogens is 3. The molecule has 0 unspecified atom stereocenters. The normalized spacial score (nSPS) is 17.9. The highest BCUT2D eigenvalue weighted by atomic mass is 16.4. The molecule has 0 atom stereocenters. The van der Waals surface area contributed by atoms with Crippen molar-refractivity contribution in [3.05, 3.63) is 30.2 Å². The Labute approximate surface area is 98.1 Å². The van der Waals surface area contributed by atoms with Crippen LogP contribution in [0, 0.1) is 0 Å². The molecule has 1 aliphatic carbocycles. The summed E-state index contributed by atoms with van der Waals surface area (Å²) in [6.07, 6.45) is 8.51.